The molecular formula is C16H16N4O2. The van der Waals surface area contributed by atoms with Crippen LogP contribution in [0.15, 0.2) is 48.9 Å². The number of rotatable bonds is 5. The lowest BCUT2D eigenvalue weighted by atomic mass is 10.1. The van der Waals surface area contributed by atoms with Gasteiger partial charge in [0.05, 0.1) is 12.8 Å². The smallest absolute Gasteiger partial charge is 0.224 e. The number of hydrogen-bond donors (Lipinski definition) is 1. The van der Waals surface area contributed by atoms with E-state index in [0.717, 1.165) is 11.3 Å². The van der Waals surface area contributed by atoms with Crippen LogP contribution in [0.4, 0.5) is 5.69 Å². The van der Waals surface area contributed by atoms with Gasteiger partial charge in [0.15, 0.2) is 5.65 Å². The molecule has 0 aliphatic carbocycles. The Balaban J connectivity index is 1.67. The number of nitrogens with one attached hydrogen (secondary N) is 1. The van der Waals surface area contributed by atoms with E-state index in [9.17, 15) is 4.79 Å². The first-order valence-corrected chi connectivity index (χ1v) is 6.98. The van der Waals surface area contributed by atoms with Crippen molar-refractivity contribution in [1.82, 2.24) is 14.6 Å². The number of amides is 1. The maximum absolute atomic E-state index is 12.1. The summed E-state index contributed by atoms with van der Waals surface area (Å²) in [5.74, 6) is 0.733. The number of aromatic nitrogens is 3. The zero-order valence-electron chi connectivity index (χ0n) is 12.2. The largest absolute Gasteiger partial charge is 0.496 e. The van der Waals surface area contributed by atoms with Crippen LogP contribution in [-0.2, 0) is 11.2 Å². The normalized spacial score (nSPS) is 10.6. The molecule has 0 radical (unpaired) electrons. The number of carbonyl (C=O) groups excluding carboxylic acids is 1. The van der Waals surface area contributed by atoms with Crippen molar-refractivity contribution < 1.29 is 9.53 Å². The molecule has 3 rings (SSSR count). The molecule has 22 heavy (non-hydrogen) atoms. The molecule has 0 saturated heterocycles. The maximum Gasteiger partial charge on any atom is 0.224 e. The van der Waals surface area contributed by atoms with Crippen LogP contribution in [0.25, 0.3) is 5.65 Å². The van der Waals surface area contributed by atoms with Gasteiger partial charge in [0, 0.05) is 12.6 Å². The van der Waals surface area contributed by atoms with Crippen LogP contribution < -0.4 is 10.1 Å². The molecule has 0 aliphatic heterocycles. The third kappa shape index (κ3) is 2.90. The van der Waals surface area contributed by atoms with E-state index in [4.69, 9.17) is 4.74 Å². The Morgan fingerprint density at radius 2 is 2.14 bits per heavy atom. The van der Waals surface area contributed by atoms with Crippen LogP contribution in [0.3, 0.4) is 0 Å². The molecule has 6 nitrogen and oxygen atoms in total. The van der Waals surface area contributed by atoms with E-state index in [0.29, 0.717) is 24.2 Å². The highest BCUT2D eigenvalue weighted by Crippen LogP contribution is 2.19. The van der Waals surface area contributed by atoms with Crippen LogP contribution in [0.5, 0.6) is 5.75 Å². The maximum atomic E-state index is 12.1. The zero-order chi connectivity index (χ0) is 15.4. The van der Waals surface area contributed by atoms with Gasteiger partial charge in [-0.3, -0.25) is 9.20 Å². The Labute approximate surface area is 127 Å². The molecule has 112 valence electrons. The number of methoxy groups -OCH3 is 1. The molecule has 0 aliphatic rings. The Morgan fingerprint density at radius 3 is 3.00 bits per heavy atom. The summed E-state index contributed by atoms with van der Waals surface area (Å²) in [5, 5.41) is 10.7. The molecule has 6 heteroatoms. The summed E-state index contributed by atoms with van der Waals surface area (Å²) < 4.78 is 7.05. The van der Waals surface area contributed by atoms with Crippen LogP contribution in [0.2, 0.25) is 0 Å². The van der Waals surface area contributed by atoms with Crippen molar-refractivity contribution in [3.8, 4) is 5.75 Å². The number of ether oxygens (including phenoxy) is 1. The van der Waals surface area contributed by atoms with E-state index in [1.807, 2.05) is 42.6 Å². The molecule has 2 heterocycles. The highest BCUT2D eigenvalue weighted by Gasteiger charge is 2.09. The van der Waals surface area contributed by atoms with E-state index in [1.165, 1.54) is 0 Å². The van der Waals surface area contributed by atoms with Crippen molar-refractivity contribution in [2.24, 2.45) is 0 Å². The molecule has 0 fully saturated rings. The molecule has 0 unspecified atom stereocenters. The summed E-state index contributed by atoms with van der Waals surface area (Å²) in [4.78, 5) is 12.1. The summed E-state index contributed by atoms with van der Waals surface area (Å²) in [6.45, 7) is 0. The van der Waals surface area contributed by atoms with Crippen molar-refractivity contribution in [2.75, 3.05) is 12.4 Å². The third-order valence-corrected chi connectivity index (χ3v) is 3.41. The van der Waals surface area contributed by atoms with E-state index in [-0.39, 0.29) is 5.91 Å². The van der Waals surface area contributed by atoms with Gasteiger partial charge in [-0.2, -0.15) is 0 Å². The fourth-order valence-electron chi connectivity index (χ4n) is 2.32. The zero-order valence-corrected chi connectivity index (χ0v) is 12.2. The summed E-state index contributed by atoms with van der Waals surface area (Å²) in [6, 6.07) is 11.4. The third-order valence-electron chi connectivity index (χ3n) is 3.41. The summed E-state index contributed by atoms with van der Waals surface area (Å²) in [5.41, 5.74) is 2.30. The van der Waals surface area contributed by atoms with Crippen molar-refractivity contribution in [3.63, 3.8) is 0 Å². The Kier molecular flexibility index (Phi) is 4.00. The van der Waals surface area contributed by atoms with Crippen LogP contribution in [0, 0.1) is 0 Å². The van der Waals surface area contributed by atoms with E-state index in [1.54, 1.807) is 17.8 Å². The van der Waals surface area contributed by atoms with Crippen LogP contribution in [-0.4, -0.2) is 27.6 Å². The van der Waals surface area contributed by atoms with Crippen molar-refractivity contribution in [3.05, 3.63) is 54.5 Å². The number of hydrogen-bond acceptors (Lipinski definition) is 4. The average Bonchev–Trinajstić information content (AvgIpc) is 3.03. The summed E-state index contributed by atoms with van der Waals surface area (Å²) >= 11 is 0. The predicted molar refractivity (Wildman–Crippen MR) is 82.9 cm³/mol. The van der Waals surface area contributed by atoms with Gasteiger partial charge in [0.25, 0.3) is 0 Å². The number of carbonyl (C=O) groups is 1. The first-order valence-electron chi connectivity index (χ1n) is 6.98. The number of benzene rings is 1. The van der Waals surface area contributed by atoms with Gasteiger partial charge in [-0.25, -0.2) is 0 Å². The van der Waals surface area contributed by atoms with Crippen LogP contribution >= 0.6 is 0 Å². The number of anilines is 1. The minimum absolute atomic E-state index is 0.0676. The van der Waals surface area contributed by atoms with Gasteiger partial charge in [-0.15, -0.1) is 10.2 Å². The highest BCUT2D eigenvalue weighted by molar-refractivity contribution is 5.94. The lowest BCUT2D eigenvalue weighted by molar-refractivity contribution is -0.116. The topological polar surface area (TPSA) is 68.5 Å². The molecule has 1 N–H and O–H groups in total. The lowest BCUT2D eigenvalue weighted by Crippen LogP contribution is -2.13. The molecule has 2 aromatic heterocycles. The Hall–Kier alpha value is -2.89. The fourth-order valence-corrected chi connectivity index (χ4v) is 2.32. The van der Waals surface area contributed by atoms with Crippen LogP contribution in [0.1, 0.15) is 12.0 Å². The lowest BCUT2D eigenvalue weighted by Gasteiger charge is -2.09. The number of para-hydroxylation sites is 1. The molecule has 1 amide bonds. The van der Waals surface area contributed by atoms with Crippen molar-refractivity contribution in [1.29, 1.82) is 0 Å². The highest BCUT2D eigenvalue weighted by atomic mass is 16.5. The van der Waals surface area contributed by atoms with E-state index >= 15 is 0 Å². The minimum Gasteiger partial charge on any atom is -0.496 e. The number of aryl methyl sites for hydroxylation is 1. The molecule has 3 aromatic rings. The molecule has 0 bridgehead atoms. The second kappa shape index (κ2) is 6.26. The van der Waals surface area contributed by atoms with E-state index < -0.39 is 0 Å². The molecule has 0 atom stereocenters. The minimum atomic E-state index is -0.0676. The van der Waals surface area contributed by atoms with Gasteiger partial charge >= 0.3 is 0 Å². The summed E-state index contributed by atoms with van der Waals surface area (Å²) in [7, 11) is 1.63. The number of pyridine rings is 1. The fraction of sp³-hybridized carbons (Fsp3) is 0.188. The van der Waals surface area contributed by atoms with Gasteiger partial charge in [0.2, 0.25) is 5.91 Å². The molecular weight excluding hydrogens is 280 g/mol. The standard InChI is InChI=1S/C16H16N4O2/c1-22-14-7-3-2-5-12(14)8-9-15(21)18-13-6-4-10-20-11-17-19-16(13)20/h2-7,10-11H,8-9H2,1H3,(H,18,21). The first-order chi connectivity index (χ1) is 10.8. The summed E-state index contributed by atoms with van der Waals surface area (Å²) in [6.07, 6.45) is 4.42. The van der Waals surface area contributed by atoms with Gasteiger partial charge < -0.3 is 10.1 Å². The monoisotopic (exact) mass is 296 g/mol. The SMILES string of the molecule is COc1ccccc1CCC(=O)Nc1cccn2cnnc12. The molecule has 0 saturated carbocycles. The first kappa shape index (κ1) is 14.1. The van der Waals surface area contributed by atoms with Gasteiger partial charge in [-0.05, 0) is 30.2 Å². The average molecular weight is 296 g/mol. The Morgan fingerprint density at radius 1 is 1.27 bits per heavy atom. The van der Waals surface area contributed by atoms with Gasteiger partial charge in [0.1, 0.15) is 12.1 Å². The van der Waals surface area contributed by atoms with E-state index in [2.05, 4.69) is 15.5 Å². The predicted octanol–water partition coefficient (Wildman–Crippen LogP) is 2.31. The molecule has 0 spiro atoms. The second-order valence-corrected chi connectivity index (χ2v) is 4.84. The second-order valence-electron chi connectivity index (χ2n) is 4.84. The number of nitrogens with zero attached hydrogens (tertiary/aromatic N) is 3. The van der Waals surface area contributed by atoms with Crippen molar-refractivity contribution >= 4 is 17.2 Å². The Bertz CT molecular complexity index is 797. The van der Waals surface area contributed by atoms with Crippen molar-refractivity contribution in [2.45, 2.75) is 12.8 Å². The quantitative estimate of drug-likeness (QED) is 0.784. The number of fused-ring (bicyclic) bond motifs is 1. The van der Waals surface area contributed by atoms with Gasteiger partial charge in [-0.1, -0.05) is 18.2 Å². The molecule has 1 aromatic carbocycles.